The van der Waals surface area contributed by atoms with Gasteiger partial charge in [-0.1, -0.05) is 38.5 Å². The highest BCUT2D eigenvalue weighted by atomic mass is 16.5. The summed E-state index contributed by atoms with van der Waals surface area (Å²) in [6, 6.07) is 8.09. The molecule has 0 spiro atoms. The maximum absolute atomic E-state index is 11.4. The average Bonchev–Trinajstić information content (AvgIpc) is 2.49. The number of rotatable bonds is 5. The van der Waals surface area contributed by atoms with Crippen LogP contribution in [0.15, 0.2) is 36.4 Å². The van der Waals surface area contributed by atoms with E-state index in [9.17, 15) is 4.79 Å². The Morgan fingerprint density at radius 3 is 2.29 bits per heavy atom. The molecule has 0 saturated heterocycles. The van der Waals surface area contributed by atoms with E-state index < -0.39 is 0 Å². The van der Waals surface area contributed by atoms with E-state index >= 15 is 0 Å². The number of hydrogen-bond acceptors (Lipinski definition) is 3. The van der Waals surface area contributed by atoms with Crippen molar-refractivity contribution in [3.05, 3.63) is 42.0 Å². The predicted octanol–water partition coefficient (Wildman–Crippen LogP) is 4.26. The van der Waals surface area contributed by atoms with Gasteiger partial charge in [0.05, 0.1) is 13.7 Å². The van der Waals surface area contributed by atoms with Gasteiger partial charge in [-0.25, -0.2) is 4.79 Å². The van der Waals surface area contributed by atoms with Crippen LogP contribution in [-0.2, 0) is 14.9 Å². The van der Waals surface area contributed by atoms with Gasteiger partial charge in [0.1, 0.15) is 5.75 Å². The largest absolute Gasteiger partial charge is 0.497 e. The average molecular weight is 290 g/mol. The molecule has 21 heavy (non-hydrogen) atoms. The fourth-order valence-electron chi connectivity index (χ4n) is 2.45. The van der Waals surface area contributed by atoms with E-state index in [4.69, 9.17) is 9.47 Å². The van der Waals surface area contributed by atoms with Crippen LogP contribution in [0.4, 0.5) is 0 Å². The highest BCUT2D eigenvalue weighted by Gasteiger charge is 2.36. The van der Waals surface area contributed by atoms with Crippen molar-refractivity contribution in [3.8, 4) is 5.75 Å². The minimum Gasteiger partial charge on any atom is -0.497 e. The zero-order valence-electron chi connectivity index (χ0n) is 13.5. The number of methoxy groups -OCH3 is 1. The molecular formula is C18H26O3. The van der Waals surface area contributed by atoms with Crippen molar-refractivity contribution in [1.82, 2.24) is 0 Å². The number of ether oxygens (including phenoxy) is 2. The van der Waals surface area contributed by atoms with E-state index in [-0.39, 0.29) is 11.4 Å². The molecule has 1 aliphatic carbocycles. The van der Waals surface area contributed by atoms with Gasteiger partial charge in [0, 0.05) is 11.5 Å². The number of esters is 1. The van der Waals surface area contributed by atoms with Gasteiger partial charge in [0.15, 0.2) is 0 Å². The summed E-state index contributed by atoms with van der Waals surface area (Å²) in [6.07, 6.45) is 6.91. The molecule has 3 heteroatoms. The summed E-state index contributed by atoms with van der Waals surface area (Å²) in [5.74, 6) is 0.592. The first kappa shape index (κ1) is 17.3. The van der Waals surface area contributed by atoms with E-state index in [0.29, 0.717) is 6.61 Å². The van der Waals surface area contributed by atoms with Crippen LogP contribution in [0, 0.1) is 0 Å². The summed E-state index contributed by atoms with van der Waals surface area (Å²) in [4.78, 5) is 11.4. The van der Waals surface area contributed by atoms with Crippen molar-refractivity contribution in [2.24, 2.45) is 0 Å². The Labute approximate surface area is 128 Å². The van der Waals surface area contributed by atoms with E-state index in [2.05, 4.69) is 12.1 Å². The summed E-state index contributed by atoms with van der Waals surface area (Å²) in [6.45, 7) is 6.23. The molecule has 1 aromatic rings. The van der Waals surface area contributed by atoms with Crippen LogP contribution in [-0.4, -0.2) is 19.7 Å². The minimum absolute atomic E-state index is 0.000959. The van der Waals surface area contributed by atoms with Gasteiger partial charge in [-0.15, -0.1) is 0 Å². The smallest absolute Gasteiger partial charge is 0.330 e. The fraction of sp³-hybridized carbons (Fsp3) is 0.500. The van der Waals surface area contributed by atoms with Gasteiger partial charge in [0.2, 0.25) is 0 Å². The molecule has 0 aromatic heterocycles. The van der Waals surface area contributed by atoms with E-state index in [1.165, 1.54) is 12.0 Å². The molecule has 1 saturated carbocycles. The highest BCUT2D eigenvalue weighted by molar-refractivity contribution is 5.82. The van der Waals surface area contributed by atoms with Crippen molar-refractivity contribution in [1.29, 1.82) is 0 Å². The molecule has 0 unspecified atom stereocenters. The Balaban J connectivity index is 0.00000106. The number of carbonyl (C=O) groups is 1. The lowest BCUT2D eigenvalue weighted by Crippen LogP contribution is -2.32. The second-order valence-corrected chi connectivity index (χ2v) is 4.82. The second kappa shape index (κ2) is 8.50. The monoisotopic (exact) mass is 290 g/mol. The van der Waals surface area contributed by atoms with Crippen LogP contribution in [0.5, 0.6) is 5.75 Å². The summed E-state index contributed by atoms with van der Waals surface area (Å²) in [5.41, 5.74) is 1.24. The maximum Gasteiger partial charge on any atom is 0.330 e. The maximum atomic E-state index is 11.4. The number of allylic oxidation sites excluding steroid dienone is 1. The molecule has 2 rings (SSSR count). The van der Waals surface area contributed by atoms with Crippen LogP contribution >= 0.6 is 0 Å². The molecule has 0 heterocycles. The quantitative estimate of drug-likeness (QED) is 0.600. The van der Waals surface area contributed by atoms with Crippen LogP contribution in [0.1, 0.15) is 45.6 Å². The third kappa shape index (κ3) is 4.35. The minimum atomic E-state index is -0.262. The van der Waals surface area contributed by atoms with Gasteiger partial charge in [-0.2, -0.15) is 0 Å². The third-order valence-corrected chi connectivity index (χ3v) is 3.74. The van der Waals surface area contributed by atoms with E-state index in [1.54, 1.807) is 13.2 Å². The molecule has 0 aliphatic heterocycles. The highest BCUT2D eigenvalue weighted by Crippen LogP contribution is 2.45. The Kier molecular flexibility index (Phi) is 7.00. The van der Waals surface area contributed by atoms with E-state index in [0.717, 1.165) is 18.6 Å². The molecule has 1 aliphatic rings. The van der Waals surface area contributed by atoms with Crippen molar-refractivity contribution >= 4 is 5.97 Å². The molecule has 0 amide bonds. The molecule has 0 bridgehead atoms. The Morgan fingerprint density at radius 1 is 1.24 bits per heavy atom. The molecule has 0 radical (unpaired) electrons. The summed E-state index contributed by atoms with van der Waals surface area (Å²) < 4.78 is 10.1. The molecule has 1 aromatic carbocycles. The number of carbonyl (C=O) groups excluding carboxylic acids is 1. The SMILES string of the molecule is CC.CCOC(=O)/C=C/C1(c2ccc(OC)cc2)CCC1. The van der Waals surface area contributed by atoms with Crippen LogP contribution in [0.2, 0.25) is 0 Å². The molecular weight excluding hydrogens is 264 g/mol. The zero-order chi connectivity index (χ0) is 15.7. The molecule has 0 N–H and O–H groups in total. The molecule has 0 atom stereocenters. The first-order valence-electron chi connectivity index (χ1n) is 7.71. The van der Waals surface area contributed by atoms with Crippen LogP contribution in [0.3, 0.4) is 0 Å². The van der Waals surface area contributed by atoms with Crippen molar-refractivity contribution in [3.63, 3.8) is 0 Å². The lowest BCUT2D eigenvalue weighted by Gasteiger charge is -2.40. The van der Waals surface area contributed by atoms with Crippen molar-refractivity contribution < 1.29 is 14.3 Å². The number of hydrogen-bond donors (Lipinski definition) is 0. The summed E-state index contributed by atoms with van der Waals surface area (Å²) in [7, 11) is 1.66. The lowest BCUT2D eigenvalue weighted by molar-refractivity contribution is -0.137. The topological polar surface area (TPSA) is 35.5 Å². The second-order valence-electron chi connectivity index (χ2n) is 4.82. The standard InChI is InChI=1S/C16H20O3.C2H6/c1-3-19-15(17)9-12-16(10-4-11-16)13-5-7-14(18-2)8-6-13;1-2/h5-9,12H,3-4,10-11H2,1-2H3;1-2H3/b12-9+;. The van der Waals surface area contributed by atoms with Crippen LogP contribution in [0.25, 0.3) is 0 Å². The molecule has 116 valence electrons. The van der Waals surface area contributed by atoms with E-state index in [1.807, 2.05) is 39.0 Å². The summed E-state index contributed by atoms with van der Waals surface area (Å²) in [5, 5.41) is 0. The molecule has 1 fully saturated rings. The van der Waals surface area contributed by atoms with Crippen molar-refractivity contribution in [2.75, 3.05) is 13.7 Å². The Hall–Kier alpha value is -1.77. The predicted molar refractivity (Wildman–Crippen MR) is 85.6 cm³/mol. The van der Waals surface area contributed by atoms with Gasteiger partial charge >= 0.3 is 5.97 Å². The van der Waals surface area contributed by atoms with Gasteiger partial charge in [-0.05, 0) is 37.5 Å². The molecule has 3 nitrogen and oxygen atoms in total. The first-order chi connectivity index (χ1) is 10.2. The lowest BCUT2D eigenvalue weighted by atomic mass is 9.64. The fourth-order valence-corrected chi connectivity index (χ4v) is 2.45. The number of benzene rings is 1. The zero-order valence-corrected chi connectivity index (χ0v) is 13.5. The Morgan fingerprint density at radius 2 is 1.86 bits per heavy atom. The first-order valence-corrected chi connectivity index (χ1v) is 7.71. The Bertz CT molecular complexity index is 456. The summed E-state index contributed by atoms with van der Waals surface area (Å²) >= 11 is 0. The normalized spacial score (nSPS) is 15.6. The van der Waals surface area contributed by atoms with Gasteiger partial charge in [-0.3, -0.25) is 0 Å². The van der Waals surface area contributed by atoms with Gasteiger partial charge in [0.25, 0.3) is 0 Å². The van der Waals surface area contributed by atoms with Crippen molar-refractivity contribution in [2.45, 2.75) is 45.4 Å². The van der Waals surface area contributed by atoms with Crippen LogP contribution < -0.4 is 4.74 Å². The van der Waals surface area contributed by atoms with Gasteiger partial charge < -0.3 is 9.47 Å². The third-order valence-electron chi connectivity index (χ3n) is 3.74.